The number of aliphatic hydroxyl groups excluding tert-OH is 1. The summed E-state index contributed by atoms with van der Waals surface area (Å²) in [6.07, 6.45) is 1.66. The zero-order valence-corrected chi connectivity index (χ0v) is 11.4. The van der Waals surface area contributed by atoms with Crippen LogP contribution in [0.1, 0.15) is 19.2 Å². The number of rotatable bonds is 2. The molecule has 0 saturated heterocycles. The Hall–Kier alpha value is -2.19. The molecule has 1 aliphatic heterocycles. The first-order valence-corrected chi connectivity index (χ1v) is 6.66. The Morgan fingerprint density at radius 3 is 2.80 bits per heavy atom. The molecule has 0 aliphatic carbocycles. The Labute approximate surface area is 117 Å². The summed E-state index contributed by atoms with van der Waals surface area (Å²) in [5.41, 5.74) is 1.45. The van der Waals surface area contributed by atoms with Gasteiger partial charge in [-0.1, -0.05) is 31.2 Å². The van der Waals surface area contributed by atoms with Gasteiger partial charge in [0.2, 0.25) is 0 Å². The van der Waals surface area contributed by atoms with Gasteiger partial charge in [-0.05, 0) is 11.8 Å². The maximum atomic E-state index is 9.47. The third-order valence-corrected chi connectivity index (χ3v) is 3.90. The van der Waals surface area contributed by atoms with Crippen molar-refractivity contribution in [1.29, 1.82) is 0 Å². The van der Waals surface area contributed by atoms with E-state index in [1.54, 1.807) is 12.1 Å². The third-order valence-electron chi connectivity index (χ3n) is 3.90. The first-order chi connectivity index (χ1) is 9.63. The van der Waals surface area contributed by atoms with Crippen LogP contribution in [0.15, 0.2) is 24.3 Å². The molecule has 102 valence electrons. The lowest BCUT2D eigenvalue weighted by atomic mass is 9.82. The van der Waals surface area contributed by atoms with Crippen LogP contribution in [-0.4, -0.2) is 26.5 Å². The lowest BCUT2D eigenvalue weighted by Gasteiger charge is -2.30. The van der Waals surface area contributed by atoms with Gasteiger partial charge in [-0.25, -0.2) is 14.5 Å². The maximum absolute atomic E-state index is 9.47. The van der Waals surface area contributed by atoms with E-state index < -0.39 is 0 Å². The molecule has 1 aromatic heterocycles. The molecule has 1 unspecified atom stereocenters. The van der Waals surface area contributed by atoms with Gasteiger partial charge < -0.3 is 5.11 Å². The molecule has 1 aliphatic rings. The minimum absolute atomic E-state index is 0.0890. The monoisotopic (exact) mass is 268 g/mol. The molecule has 20 heavy (non-hydrogen) atoms. The van der Waals surface area contributed by atoms with Crippen LogP contribution >= 0.6 is 0 Å². The van der Waals surface area contributed by atoms with E-state index in [1.165, 1.54) is 0 Å². The van der Waals surface area contributed by atoms with Crippen molar-refractivity contribution in [2.24, 2.45) is 5.41 Å². The summed E-state index contributed by atoms with van der Waals surface area (Å²) in [7, 11) is 0. The lowest BCUT2D eigenvalue weighted by Crippen LogP contribution is -2.32. The maximum Gasteiger partial charge on any atom is 0.187 e. The molecular weight excluding hydrogens is 252 g/mol. The molecule has 1 aromatic carbocycles. The average molecular weight is 268 g/mol. The second kappa shape index (κ2) is 4.73. The van der Waals surface area contributed by atoms with E-state index in [2.05, 4.69) is 21.9 Å². The van der Waals surface area contributed by atoms with Gasteiger partial charge >= 0.3 is 0 Å². The van der Waals surface area contributed by atoms with Crippen LogP contribution in [0, 0.1) is 12.0 Å². The van der Waals surface area contributed by atoms with Gasteiger partial charge in [0.05, 0.1) is 6.57 Å². The smallest absolute Gasteiger partial charge is 0.187 e. The Kier molecular flexibility index (Phi) is 3.03. The van der Waals surface area contributed by atoms with Crippen molar-refractivity contribution in [3.8, 4) is 11.4 Å². The summed E-state index contributed by atoms with van der Waals surface area (Å²) in [6, 6.07) is 7.31. The molecule has 0 amide bonds. The second-order valence-electron chi connectivity index (χ2n) is 5.63. The Morgan fingerprint density at radius 1 is 1.40 bits per heavy atom. The van der Waals surface area contributed by atoms with Crippen LogP contribution < -0.4 is 0 Å². The molecule has 0 spiro atoms. The van der Waals surface area contributed by atoms with Gasteiger partial charge in [0.1, 0.15) is 5.82 Å². The molecular formula is C15H16N4O. The van der Waals surface area contributed by atoms with Crippen LogP contribution in [0.3, 0.4) is 0 Å². The van der Waals surface area contributed by atoms with Crippen molar-refractivity contribution in [2.45, 2.75) is 26.3 Å². The normalized spacial score (nSPS) is 21.2. The highest BCUT2D eigenvalue weighted by Gasteiger charge is 2.31. The number of hydrogen-bond donors (Lipinski definition) is 1. The lowest BCUT2D eigenvalue weighted by molar-refractivity contribution is 0.108. The molecule has 2 heterocycles. The summed E-state index contributed by atoms with van der Waals surface area (Å²) in [5.74, 6) is 1.62. The van der Waals surface area contributed by atoms with Crippen molar-refractivity contribution < 1.29 is 5.11 Å². The summed E-state index contributed by atoms with van der Waals surface area (Å²) < 4.78 is 1.93. The van der Waals surface area contributed by atoms with Crippen molar-refractivity contribution in [3.05, 3.63) is 41.5 Å². The molecule has 5 heteroatoms. The molecule has 0 saturated carbocycles. The molecule has 3 rings (SSSR count). The van der Waals surface area contributed by atoms with E-state index in [1.807, 2.05) is 16.8 Å². The minimum atomic E-state index is -0.0890. The number of benzene rings is 1. The van der Waals surface area contributed by atoms with Crippen LogP contribution in [0.2, 0.25) is 0 Å². The molecule has 2 aromatic rings. The van der Waals surface area contributed by atoms with Gasteiger partial charge in [0.25, 0.3) is 0 Å². The molecule has 5 nitrogen and oxygen atoms in total. The standard InChI is InChI=1S/C15H16N4O/c1-15(10-20)7-8-19-13(9-15)17-14(18-19)11-3-5-12(16-2)6-4-11/h3-6,20H,7-10H2,1H3. The number of hydrogen-bond acceptors (Lipinski definition) is 3. The topological polar surface area (TPSA) is 55.3 Å². The van der Waals surface area contributed by atoms with Gasteiger partial charge in [-0.2, -0.15) is 5.10 Å². The third kappa shape index (κ3) is 2.19. The van der Waals surface area contributed by atoms with Gasteiger partial charge in [-0.15, -0.1) is 0 Å². The number of aryl methyl sites for hydroxylation is 1. The summed E-state index contributed by atoms with van der Waals surface area (Å²) in [5, 5.41) is 14.0. The first kappa shape index (κ1) is 12.8. The highest BCUT2D eigenvalue weighted by molar-refractivity contribution is 5.59. The summed E-state index contributed by atoms with van der Waals surface area (Å²) in [4.78, 5) is 7.96. The zero-order valence-electron chi connectivity index (χ0n) is 11.4. The van der Waals surface area contributed by atoms with Crippen molar-refractivity contribution >= 4 is 5.69 Å². The summed E-state index contributed by atoms with van der Waals surface area (Å²) in [6.45, 7) is 10.0. The predicted molar refractivity (Wildman–Crippen MR) is 75.2 cm³/mol. The van der Waals surface area contributed by atoms with E-state index in [4.69, 9.17) is 6.57 Å². The highest BCUT2D eigenvalue weighted by Crippen LogP contribution is 2.31. The van der Waals surface area contributed by atoms with Gasteiger partial charge in [-0.3, -0.25) is 0 Å². The van der Waals surface area contributed by atoms with E-state index in [0.717, 1.165) is 30.8 Å². The number of nitrogens with zero attached hydrogens (tertiary/aromatic N) is 4. The SMILES string of the molecule is [C-]#[N+]c1ccc(-c2nc3n(n2)CCC(C)(CO)C3)cc1. The average Bonchev–Trinajstić information content (AvgIpc) is 2.90. The van der Waals surface area contributed by atoms with Crippen LogP contribution in [0.5, 0.6) is 0 Å². The van der Waals surface area contributed by atoms with E-state index >= 15 is 0 Å². The van der Waals surface area contributed by atoms with E-state index in [9.17, 15) is 5.11 Å². The van der Waals surface area contributed by atoms with Crippen LogP contribution in [0.25, 0.3) is 16.2 Å². The quantitative estimate of drug-likeness (QED) is 0.851. The molecule has 0 fully saturated rings. The minimum Gasteiger partial charge on any atom is -0.396 e. The van der Waals surface area contributed by atoms with Crippen LogP contribution in [0.4, 0.5) is 5.69 Å². The van der Waals surface area contributed by atoms with Crippen molar-refractivity contribution in [3.63, 3.8) is 0 Å². The zero-order chi connectivity index (χ0) is 14.2. The number of fused-ring (bicyclic) bond motifs is 1. The molecule has 0 bridgehead atoms. The molecule has 1 N–H and O–H groups in total. The number of aliphatic hydroxyl groups is 1. The van der Waals surface area contributed by atoms with Gasteiger partial charge in [0.15, 0.2) is 11.5 Å². The Balaban J connectivity index is 1.92. The van der Waals surface area contributed by atoms with E-state index in [-0.39, 0.29) is 12.0 Å². The van der Waals surface area contributed by atoms with Crippen molar-refractivity contribution in [1.82, 2.24) is 14.8 Å². The van der Waals surface area contributed by atoms with E-state index in [0.29, 0.717) is 11.5 Å². The summed E-state index contributed by atoms with van der Waals surface area (Å²) >= 11 is 0. The first-order valence-electron chi connectivity index (χ1n) is 6.66. The fraction of sp³-hybridized carbons (Fsp3) is 0.400. The van der Waals surface area contributed by atoms with Crippen molar-refractivity contribution in [2.75, 3.05) is 6.61 Å². The Bertz CT molecular complexity index is 668. The van der Waals surface area contributed by atoms with Crippen LogP contribution in [-0.2, 0) is 13.0 Å². The Morgan fingerprint density at radius 2 is 2.15 bits per heavy atom. The largest absolute Gasteiger partial charge is 0.396 e. The second-order valence-corrected chi connectivity index (χ2v) is 5.63. The van der Waals surface area contributed by atoms with Gasteiger partial charge in [0, 0.05) is 25.1 Å². The molecule has 1 atom stereocenters. The predicted octanol–water partition coefficient (Wildman–Crippen LogP) is 2.44. The number of aromatic nitrogens is 3. The molecule has 0 radical (unpaired) electrons. The fourth-order valence-corrected chi connectivity index (χ4v) is 2.47. The highest BCUT2D eigenvalue weighted by atomic mass is 16.3. The fourth-order valence-electron chi connectivity index (χ4n) is 2.47.